The summed E-state index contributed by atoms with van der Waals surface area (Å²) in [5.41, 5.74) is 1.13. The Morgan fingerprint density at radius 1 is 1.30 bits per heavy atom. The molecule has 1 aromatic rings. The van der Waals surface area contributed by atoms with Crippen molar-refractivity contribution < 1.29 is 9.59 Å². The van der Waals surface area contributed by atoms with Crippen LogP contribution in [0.2, 0.25) is 0 Å². The standard InChI is InChI=1S/C18H27N3O2/c1-3-10-19-18(23)21-11-9-16(14-21)12-17(22)20(2)13-15-7-5-4-6-8-15/h4-8,16H,3,9-14H2,1-2H3,(H,19,23). The Labute approximate surface area is 138 Å². The van der Waals surface area contributed by atoms with E-state index >= 15 is 0 Å². The molecule has 0 radical (unpaired) electrons. The first-order valence-corrected chi connectivity index (χ1v) is 8.40. The third-order valence-corrected chi connectivity index (χ3v) is 4.25. The van der Waals surface area contributed by atoms with Crippen LogP contribution in [0.15, 0.2) is 30.3 Å². The van der Waals surface area contributed by atoms with Gasteiger partial charge in [-0.25, -0.2) is 4.79 Å². The molecule has 1 aromatic carbocycles. The summed E-state index contributed by atoms with van der Waals surface area (Å²) in [6, 6.07) is 9.99. The van der Waals surface area contributed by atoms with Crippen molar-refractivity contribution >= 4 is 11.9 Å². The normalized spacial score (nSPS) is 17.1. The van der Waals surface area contributed by atoms with Gasteiger partial charge in [-0.2, -0.15) is 0 Å². The first-order valence-electron chi connectivity index (χ1n) is 8.40. The smallest absolute Gasteiger partial charge is 0.317 e. The van der Waals surface area contributed by atoms with Gasteiger partial charge in [-0.05, 0) is 24.3 Å². The highest BCUT2D eigenvalue weighted by molar-refractivity contribution is 5.77. The van der Waals surface area contributed by atoms with Crippen LogP contribution >= 0.6 is 0 Å². The molecular formula is C18H27N3O2. The first kappa shape index (κ1) is 17.3. The minimum atomic E-state index is -0.000519. The lowest BCUT2D eigenvalue weighted by Gasteiger charge is -2.20. The van der Waals surface area contributed by atoms with E-state index < -0.39 is 0 Å². The van der Waals surface area contributed by atoms with Crippen LogP contribution in [0.5, 0.6) is 0 Å². The molecule has 3 amide bonds. The van der Waals surface area contributed by atoms with E-state index in [0.29, 0.717) is 26.1 Å². The molecule has 1 aliphatic rings. The fourth-order valence-corrected chi connectivity index (χ4v) is 2.88. The van der Waals surface area contributed by atoms with Crippen molar-refractivity contribution in [3.05, 3.63) is 35.9 Å². The van der Waals surface area contributed by atoms with E-state index in [9.17, 15) is 9.59 Å². The zero-order valence-electron chi connectivity index (χ0n) is 14.1. The third kappa shape index (κ3) is 5.27. The maximum absolute atomic E-state index is 12.4. The fourth-order valence-electron chi connectivity index (χ4n) is 2.88. The van der Waals surface area contributed by atoms with Crippen LogP contribution < -0.4 is 5.32 Å². The van der Waals surface area contributed by atoms with Gasteiger partial charge >= 0.3 is 6.03 Å². The highest BCUT2D eigenvalue weighted by Crippen LogP contribution is 2.20. The lowest BCUT2D eigenvalue weighted by Crippen LogP contribution is -2.39. The molecule has 1 fully saturated rings. The second-order valence-electron chi connectivity index (χ2n) is 6.27. The number of urea groups is 1. The largest absolute Gasteiger partial charge is 0.341 e. The summed E-state index contributed by atoms with van der Waals surface area (Å²) in [5.74, 6) is 0.419. The van der Waals surface area contributed by atoms with Gasteiger partial charge in [-0.3, -0.25) is 4.79 Å². The van der Waals surface area contributed by atoms with Gasteiger partial charge < -0.3 is 15.1 Å². The monoisotopic (exact) mass is 317 g/mol. The van der Waals surface area contributed by atoms with Crippen molar-refractivity contribution in [2.75, 3.05) is 26.7 Å². The number of hydrogen-bond donors (Lipinski definition) is 1. The summed E-state index contributed by atoms with van der Waals surface area (Å²) in [7, 11) is 1.84. The van der Waals surface area contributed by atoms with E-state index in [4.69, 9.17) is 0 Å². The van der Waals surface area contributed by atoms with E-state index in [1.807, 2.05) is 49.2 Å². The zero-order chi connectivity index (χ0) is 16.7. The number of benzene rings is 1. The van der Waals surface area contributed by atoms with Gasteiger partial charge in [0, 0.05) is 39.6 Å². The molecule has 5 nitrogen and oxygen atoms in total. The van der Waals surface area contributed by atoms with E-state index in [0.717, 1.165) is 24.9 Å². The Bertz CT molecular complexity index is 518. The van der Waals surface area contributed by atoms with Gasteiger partial charge in [0.1, 0.15) is 0 Å². The van der Waals surface area contributed by atoms with Crippen LogP contribution in [0.1, 0.15) is 31.7 Å². The highest BCUT2D eigenvalue weighted by Gasteiger charge is 2.28. The second-order valence-corrected chi connectivity index (χ2v) is 6.27. The third-order valence-electron chi connectivity index (χ3n) is 4.25. The molecule has 126 valence electrons. The van der Waals surface area contributed by atoms with Gasteiger partial charge in [0.25, 0.3) is 0 Å². The summed E-state index contributed by atoms with van der Waals surface area (Å²) in [5, 5.41) is 2.90. The summed E-state index contributed by atoms with van der Waals surface area (Å²) in [6.45, 7) is 4.80. The topological polar surface area (TPSA) is 52.7 Å². The molecule has 5 heteroatoms. The van der Waals surface area contributed by atoms with Gasteiger partial charge in [0.2, 0.25) is 5.91 Å². The second kappa shape index (κ2) is 8.56. The number of likely N-dealkylation sites (tertiary alicyclic amines) is 1. The number of carbonyl (C=O) groups excluding carboxylic acids is 2. The first-order chi connectivity index (χ1) is 11.1. The minimum Gasteiger partial charge on any atom is -0.341 e. The van der Waals surface area contributed by atoms with Crippen LogP contribution in [0.4, 0.5) is 4.79 Å². The molecule has 0 bridgehead atoms. The van der Waals surface area contributed by atoms with Crippen molar-refractivity contribution in [2.24, 2.45) is 5.92 Å². The van der Waals surface area contributed by atoms with Crippen molar-refractivity contribution in [1.82, 2.24) is 15.1 Å². The van der Waals surface area contributed by atoms with Crippen molar-refractivity contribution in [3.8, 4) is 0 Å². The number of nitrogens with zero attached hydrogens (tertiary/aromatic N) is 2. The molecule has 0 saturated carbocycles. The molecule has 0 aromatic heterocycles. The van der Waals surface area contributed by atoms with Crippen molar-refractivity contribution in [2.45, 2.75) is 32.7 Å². The number of rotatable bonds is 6. The van der Waals surface area contributed by atoms with Crippen LogP contribution in [0.3, 0.4) is 0 Å². The van der Waals surface area contributed by atoms with Gasteiger partial charge in [0.05, 0.1) is 0 Å². The molecule has 1 heterocycles. The minimum absolute atomic E-state index is 0.000519. The molecule has 2 rings (SSSR count). The molecular weight excluding hydrogens is 290 g/mol. The average molecular weight is 317 g/mol. The molecule has 1 aliphatic heterocycles. The predicted octanol–water partition coefficient (Wildman–Crippen LogP) is 2.48. The Balaban J connectivity index is 1.76. The number of amides is 3. The summed E-state index contributed by atoms with van der Waals surface area (Å²) < 4.78 is 0. The molecule has 1 unspecified atom stereocenters. The average Bonchev–Trinajstić information content (AvgIpc) is 3.02. The predicted molar refractivity (Wildman–Crippen MR) is 90.9 cm³/mol. The molecule has 0 aliphatic carbocycles. The fraction of sp³-hybridized carbons (Fsp3) is 0.556. The zero-order valence-corrected chi connectivity index (χ0v) is 14.1. The van der Waals surface area contributed by atoms with E-state index in [1.165, 1.54) is 0 Å². The highest BCUT2D eigenvalue weighted by atomic mass is 16.2. The van der Waals surface area contributed by atoms with Crippen LogP contribution in [0, 0.1) is 5.92 Å². The Hall–Kier alpha value is -2.04. The van der Waals surface area contributed by atoms with Crippen molar-refractivity contribution in [1.29, 1.82) is 0 Å². The van der Waals surface area contributed by atoms with Crippen LogP contribution in [0.25, 0.3) is 0 Å². The van der Waals surface area contributed by atoms with Crippen molar-refractivity contribution in [3.63, 3.8) is 0 Å². The SMILES string of the molecule is CCCNC(=O)N1CCC(CC(=O)N(C)Cc2ccccc2)C1. The molecule has 1 N–H and O–H groups in total. The number of hydrogen-bond acceptors (Lipinski definition) is 2. The Morgan fingerprint density at radius 2 is 2.04 bits per heavy atom. The number of nitrogens with one attached hydrogen (secondary N) is 1. The van der Waals surface area contributed by atoms with Gasteiger partial charge in [0.15, 0.2) is 0 Å². The van der Waals surface area contributed by atoms with Crippen LogP contribution in [-0.2, 0) is 11.3 Å². The van der Waals surface area contributed by atoms with Crippen LogP contribution in [-0.4, -0.2) is 48.4 Å². The van der Waals surface area contributed by atoms with E-state index in [2.05, 4.69) is 5.32 Å². The summed E-state index contributed by atoms with van der Waals surface area (Å²) in [6.07, 6.45) is 2.36. The van der Waals surface area contributed by atoms with Gasteiger partial charge in [-0.1, -0.05) is 37.3 Å². The lowest BCUT2D eigenvalue weighted by atomic mass is 10.0. The number of carbonyl (C=O) groups is 2. The quantitative estimate of drug-likeness (QED) is 0.876. The van der Waals surface area contributed by atoms with E-state index in [1.54, 1.807) is 4.90 Å². The molecule has 23 heavy (non-hydrogen) atoms. The van der Waals surface area contributed by atoms with Gasteiger partial charge in [-0.15, -0.1) is 0 Å². The molecule has 0 spiro atoms. The van der Waals surface area contributed by atoms with E-state index in [-0.39, 0.29) is 17.9 Å². The summed E-state index contributed by atoms with van der Waals surface area (Å²) in [4.78, 5) is 27.9. The maximum Gasteiger partial charge on any atom is 0.317 e. The Morgan fingerprint density at radius 3 is 2.74 bits per heavy atom. The molecule has 1 saturated heterocycles. The maximum atomic E-state index is 12.4. The molecule has 1 atom stereocenters. The lowest BCUT2D eigenvalue weighted by molar-refractivity contribution is -0.131. The Kier molecular flexibility index (Phi) is 6.44. The summed E-state index contributed by atoms with van der Waals surface area (Å²) >= 11 is 0.